The zero-order valence-corrected chi connectivity index (χ0v) is 20.7. The van der Waals surface area contributed by atoms with E-state index in [1.54, 1.807) is 36.3 Å². The first kappa shape index (κ1) is 23.9. The molecule has 0 unspecified atom stereocenters. The number of hydrogen-bond donors (Lipinski definition) is 2. The van der Waals surface area contributed by atoms with Gasteiger partial charge in [-0.2, -0.15) is 0 Å². The van der Waals surface area contributed by atoms with E-state index in [0.717, 1.165) is 16.5 Å². The first-order valence-corrected chi connectivity index (χ1v) is 12.0. The SMILES string of the molecule is COCCN1C(=O)c2ccccc2[C@@H](C(=O)Nc2ccc(OC)c(Cl)c2)[C@H]1c1c[nH]c2ccccc12. The first-order valence-electron chi connectivity index (χ1n) is 11.6. The van der Waals surface area contributed by atoms with E-state index in [9.17, 15) is 9.59 Å². The molecule has 0 aliphatic carbocycles. The molecule has 0 bridgehead atoms. The fourth-order valence-corrected chi connectivity index (χ4v) is 5.22. The van der Waals surface area contributed by atoms with E-state index in [0.29, 0.717) is 40.7 Å². The molecule has 0 spiro atoms. The van der Waals surface area contributed by atoms with E-state index < -0.39 is 12.0 Å². The molecule has 1 aliphatic heterocycles. The second kappa shape index (κ2) is 10.0. The van der Waals surface area contributed by atoms with E-state index in [1.165, 1.54) is 7.11 Å². The lowest BCUT2D eigenvalue weighted by Gasteiger charge is -2.41. The number of aromatic nitrogens is 1. The predicted octanol–water partition coefficient (Wildman–Crippen LogP) is 5.40. The van der Waals surface area contributed by atoms with Gasteiger partial charge in [-0.1, -0.05) is 48.0 Å². The summed E-state index contributed by atoms with van der Waals surface area (Å²) in [6.07, 6.45) is 1.89. The third kappa shape index (κ3) is 4.21. The minimum Gasteiger partial charge on any atom is -0.495 e. The topological polar surface area (TPSA) is 83.7 Å². The number of carbonyl (C=O) groups excluding carboxylic acids is 2. The molecule has 7 nitrogen and oxygen atoms in total. The van der Waals surface area contributed by atoms with Crippen LogP contribution in [0.4, 0.5) is 5.69 Å². The number of carbonyl (C=O) groups is 2. The van der Waals surface area contributed by atoms with Gasteiger partial charge in [0.25, 0.3) is 5.91 Å². The monoisotopic (exact) mass is 503 g/mol. The zero-order chi connectivity index (χ0) is 25.2. The second-order valence-corrected chi connectivity index (χ2v) is 9.04. The number of ether oxygens (including phenoxy) is 2. The molecule has 0 saturated heterocycles. The number of aromatic amines is 1. The lowest BCUT2D eigenvalue weighted by molar-refractivity contribution is -0.119. The van der Waals surface area contributed by atoms with E-state index in [1.807, 2.05) is 48.7 Å². The number of halogens is 1. The molecule has 3 aromatic carbocycles. The molecule has 2 atom stereocenters. The molecule has 2 amide bonds. The summed E-state index contributed by atoms with van der Waals surface area (Å²) in [7, 11) is 3.14. The van der Waals surface area contributed by atoms with Crippen molar-refractivity contribution in [1.82, 2.24) is 9.88 Å². The molecule has 2 heterocycles. The Bertz CT molecular complexity index is 1430. The zero-order valence-electron chi connectivity index (χ0n) is 20.0. The summed E-state index contributed by atoms with van der Waals surface area (Å²) in [6, 6.07) is 19.7. The lowest BCUT2D eigenvalue weighted by Crippen LogP contribution is -2.47. The molecule has 0 saturated carbocycles. The highest BCUT2D eigenvalue weighted by molar-refractivity contribution is 6.32. The highest BCUT2D eigenvalue weighted by Crippen LogP contribution is 2.45. The van der Waals surface area contributed by atoms with Crippen molar-refractivity contribution in [2.45, 2.75) is 12.0 Å². The molecule has 4 aromatic rings. The summed E-state index contributed by atoms with van der Waals surface area (Å²) >= 11 is 6.31. The number of H-pyrrole nitrogens is 1. The van der Waals surface area contributed by atoms with Gasteiger partial charge in [-0.3, -0.25) is 9.59 Å². The third-order valence-corrected chi connectivity index (χ3v) is 6.91. The van der Waals surface area contributed by atoms with Gasteiger partial charge >= 0.3 is 0 Å². The van der Waals surface area contributed by atoms with Crippen LogP contribution in [0.3, 0.4) is 0 Å². The number of nitrogens with one attached hydrogen (secondary N) is 2. The summed E-state index contributed by atoms with van der Waals surface area (Å²) in [5, 5.41) is 4.37. The van der Waals surface area contributed by atoms with Crippen LogP contribution < -0.4 is 10.1 Å². The summed E-state index contributed by atoms with van der Waals surface area (Å²) in [4.78, 5) is 32.7. The van der Waals surface area contributed by atoms with Crippen LogP contribution in [0.25, 0.3) is 10.9 Å². The van der Waals surface area contributed by atoms with Crippen molar-refractivity contribution in [1.29, 1.82) is 0 Å². The number of benzene rings is 3. The Balaban J connectivity index is 1.64. The molecule has 36 heavy (non-hydrogen) atoms. The van der Waals surface area contributed by atoms with Crippen molar-refractivity contribution < 1.29 is 19.1 Å². The van der Waals surface area contributed by atoms with Crippen molar-refractivity contribution in [2.24, 2.45) is 0 Å². The van der Waals surface area contributed by atoms with Crippen molar-refractivity contribution in [2.75, 3.05) is 32.7 Å². The number of para-hydroxylation sites is 1. The van der Waals surface area contributed by atoms with Gasteiger partial charge in [0, 0.05) is 47.6 Å². The average molecular weight is 504 g/mol. The standard InChI is InChI=1S/C28H26ClN3O4/c1-35-14-13-32-26(21-16-30-23-10-6-5-7-18(21)23)25(19-8-3-4-9-20(19)28(32)34)27(33)31-17-11-12-24(36-2)22(29)15-17/h3-12,15-16,25-26,30H,13-14H2,1-2H3,(H,31,33)/t25-,26-/m1/s1. The summed E-state index contributed by atoms with van der Waals surface area (Å²) in [6.45, 7) is 0.682. The summed E-state index contributed by atoms with van der Waals surface area (Å²) in [5.74, 6) is -0.523. The van der Waals surface area contributed by atoms with Gasteiger partial charge in [-0.05, 0) is 35.9 Å². The number of fused-ring (bicyclic) bond motifs is 2. The molecule has 0 fully saturated rings. The number of hydrogen-bond acceptors (Lipinski definition) is 4. The first-order chi connectivity index (χ1) is 17.5. The predicted molar refractivity (Wildman–Crippen MR) is 140 cm³/mol. The lowest BCUT2D eigenvalue weighted by atomic mass is 9.79. The Kier molecular flexibility index (Phi) is 6.67. The fourth-order valence-electron chi connectivity index (χ4n) is 4.96. The highest BCUT2D eigenvalue weighted by Gasteiger charge is 2.44. The van der Waals surface area contributed by atoms with Gasteiger partial charge in [0.2, 0.25) is 5.91 Å². The van der Waals surface area contributed by atoms with Crippen LogP contribution in [0, 0.1) is 0 Å². The minimum atomic E-state index is -0.671. The van der Waals surface area contributed by atoms with Crippen LogP contribution in [-0.4, -0.2) is 49.1 Å². The molecule has 2 N–H and O–H groups in total. The number of rotatable bonds is 7. The number of anilines is 1. The summed E-state index contributed by atoms with van der Waals surface area (Å²) in [5.41, 5.74) is 3.55. The molecular weight excluding hydrogens is 478 g/mol. The maximum atomic E-state index is 14.0. The minimum absolute atomic E-state index is 0.130. The van der Waals surface area contributed by atoms with Gasteiger partial charge in [0.15, 0.2) is 0 Å². The molecule has 0 radical (unpaired) electrons. The normalized spacial score (nSPS) is 17.2. The Labute approximate surface area is 214 Å². The quantitative estimate of drug-likeness (QED) is 0.354. The van der Waals surface area contributed by atoms with Crippen molar-refractivity contribution in [3.05, 3.63) is 94.6 Å². The van der Waals surface area contributed by atoms with E-state index in [-0.39, 0.29) is 11.8 Å². The van der Waals surface area contributed by atoms with Gasteiger partial charge in [-0.15, -0.1) is 0 Å². The largest absolute Gasteiger partial charge is 0.495 e. The number of methoxy groups -OCH3 is 2. The molecule has 8 heteroatoms. The maximum absolute atomic E-state index is 14.0. The van der Waals surface area contributed by atoms with Crippen molar-refractivity contribution in [3.63, 3.8) is 0 Å². The van der Waals surface area contributed by atoms with Crippen LogP contribution >= 0.6 is 11.6 Å². The third-order valence-electron chi connectivity index (χ3n) is 6.62. The molecule has 1 aromatic heterocycles. The maximum Gasteiger partial charge on any atom is 0.254 e. The van der Waals surface area contributed by atoms with Crippen LogP contribution in [0.2, 0.25) is 5.02 Å². The van der Waals surface area contributed by atoms with Gasteiger partial charge < -0.3 is 24.7 Å². The fraction of sp³-hybridized carbons (Fsp3) is 0.214. The smallest absolute Gasteiger partial charge is 0.254 e. The Morgan fingerprint density at radius 3 is 2.61 bits per heavy atom. The van der Waals surface area contributed by atoms with Crippen LogP contribution in [0.15, 0.2) is 72.9 Å². The number of nitrogens with zero attached hydrogens (tertiary/aromatic N) is 1. The van der Waals surface area contributed by atoms with Crippen LogP contribution in [0.5, 0.6) is 5.75 Å². The van der Waals surface area contributed by atoms with Gasteiger partial charge in [-0.25, -0.2) is 0 Å². The average Bonchev–Trinajstić information content (AvgIpc) is 3.32. The second-order valence-electron chi connectivity index (χ2n) is 8.63. The molecule has 184 valence electrons. The Morgan fingerprint density at radius 2 is 1.83 bits per heavy atom. The van der Waals surface area contributed by atoms with Crippen molar-refractivity contribution >= 4 is 40.0 Å². The number of amides is 2. The summed E-state index contributed by atoms with van der Waals surface area (Å²) < 4.78 is 10.6. The highest BCUT2D eigenvalue weighted by atomic mass is 35.5. The molecule has 1 aliphatic rings. The van der Waals surface area contributed by atoms with E-state index in [4.69, 9.17) is 21.1 Å². The van der Waals surface area contributed by atoms with Gasteiger partial charge in [0.1, 0.15) is 5.75 Å². The van der Waals surface area contributed by atoms with Crippen molar-refractivity contribution in [3.8, 4) is 5.75 Å². The Hall–Kier alpha value is -3.81. The Morgan fingerprint density at radius 1 is 1.06 bits per heavy atom. The van der Waals surface area contributed by atoms with Crippen LogP contribution in [-0.2, 0) is 9.53 Å². The van der Waals surface area contributed by atoms with E-state index in [2.05, 4.69) is 10.3 Å². The van der Waals surface area contributed by atoms with Crippen LogP contribution in [0.1, 0.15) is 33.4 Å². The molecule has 5 rings (SSSR count). The van der Waals surface area contributed by atoms with Gasteiger partial charge in [0.05, 0.1) is 30.7 Å². The molecular formula is C28H26ClN3O4. The van der Waals surface area contributed by atoms with E-state index >= 15 is 0 Å².